The van der Waals surface area contributed by atoms with Crippen LogP contribution >= 0.6 is 59.9 Å². The van der Waals surface area contributed by atoms with Gasteiger partial charge >= 0.3 is 64.9 Å². The number of Topliss-reactive ketones (excluding diaryl/α,β-unsaturated/α-hetero) is 1. The van der Waals surface area contributed by atoms with Crippen molar-refractivity contribution in [2.45, 2.75) is 20.8 Å². The van der Waals surface area contributed by atoms with Crippen molar-refractivity contribution in [1.29, 1.82) is 0 Å². The summed E-state index contributed by atoms with van der Waals surface area (Å²) in [5.41, 5.74) is 0. The van der Waals surface area contributed by atoms with E-state index in [0.717, 1.165) is 0 Å². The second-order valence-corrected chi connectivity index (χ2v) is 36.7. The Labute approximate surface area is 126 Å². The van der Waals surface area contributed by atoms with Crippen molar-refractivity contribution in [3.8, 4) is 0 Å². The summed E-state index contributed by atoms with van der Waals surface area (Å²) >= 11 is 7.39. The molecule has 74 valence electrons. The Hall–Kier alpha value is 2.80. The maximum absolute atomic E-state index is 9.44. The summed E-state index contributed by atoms with van der Waals surface area (Å²) in [6.07, 6.45) is 1.50. The standard InChI is InChI=1S/C3H6O.C2H3O.3HI.V.W/c1-3(2)4;1-2-3;;;;;/h1-2H3;1H3;3*1H;;/q;-1;;;;+3;/p-3. The molecule has 0 bridgehead atoms. The molecule has 0 saturated heterocycles. The van der Waals surface area contributed by atoms with Gasteiger partial charge in [0.05, 0.1) is 0 Å². The van der Waals surface area contributed by atoms with Crippen molar-refractivity contribution in [2.24, 2.45) is 0 Å². The molecule has 0 aromatic heterocycles. The van der Waals surface area contributed by atoms with Crippen LogP contribution in [-0.4, -0.2) is 12.1 Å². The molecule has 0 heterocycles. The predicted molar refractivity (Wildman–Crippen MR) is 69.8 cm³/mol. The normalized spacial score (nSPS) is 6.25. The van der Waals surface area contributed by atoms with E-state index in [0.29, 0.717) is 0 Å². The first-order valence-electron chi connectivity index (χ1n) is 2.42. The van der Waals surface area contributed by atoms with Gasteiger partial charge in [-0.2, -0.15) is 6.92 Å². The summed E-state index contributed by atoms with van der Waals surface area (Å²) in [5.74, 6) is 0.167. The Morgan fingerprint density at radius 1 is 1.25 bits per heavy atom. The van der Waals surface area contributed by atoms with Crippen LogP contribution in [0.2, 0.25) is 0 Å². The van der Waals surface area contributed by atoms with E-state index in [1.54, 1.807) is 0 Å². The average molecular weight is 717 g/mol. The summed E-state index contributed by atoms with van der Waals surface area (Å²) in [4.78, 5) is 17.8. The quantitative estimate of drug-likeness (QED) is 0.285. The van der Waals surface area contributed by atoms with Gasteiger partial charge in [0.25, 0.3) is 0 Å². The first-order chi connectivity index (χ1) is 4.88. The van der Waals surface area contributed by atoms with E-state index in [2.05, 4.69) is 59.9 Å². The van der Waals surface area contributed by atoms with E-state index in [1.165, 1.54) is 27.1 Å². The average Bonchev–Trinajstić information content (AvgIpc) is 1.60. The molecule has 0 aliphatic carbocycles. The first kappa shape index (κ1) is 24.2. The molecule has 2 nitrogen and oxygen atoms in total. The zero-order valence-corrected chi connectivity index (χ0v) is 17.6. The second kappa shape index (κ2) is 23.5. The van der Waals surface area contributed by atoms with Crippen molar-refractivity contribution < 1.29 is 35.6 Å². The van der Waals surface area contributed by atoms with Gasteiger partial charge in [0, 0.05) is 21.1 Å². The molecule has 0 saturated carbocycles. The minimum Gasteiger partial charge on any atom is 0 e. The van der Waals surface area contributed by atoms with Gasteiger partial charge < -0.3 is 9.59 Å². The minimum absolute atomic E-state index is 0. The van der Waals surface area contributed by atoms with Gasteiger partial charge in [0.1, 0.15) is 5.78 Å². The number of hydrogen-bond donors (Lipinski definition) is 0. The molecule has 0 amide bonds. The van der Waals surface area contributed by atoms with Crippen LogP contribution in [0.4, 0.5) is 0 Å². The van der Waals surface area contributed by atoms with Gasteiger partial charge in [-0.3, -0.25) is 6.29 Å². The fourth-order valence-electron chi connectivity index (χ4n) is 0. The summed E-state index contributed by atoms with van der Waals surface area (Å²) in [7, 11) is 0. The summed E-state index contributed by atoms with van der Waals surface area (Å²) < 4.78 is 0. The molecule has 0 fully saturated rings. The number of hydrogen-bond acceptors (Lipinski definition) is 2. The van der Waals surface area contributed by atoms with Crippen LogP contribution in [0.3, 0.4) is 0 Å². The summed E-state index contributed by atoms with van der Waals surface area (Å²) in [5, 5.41) is 0. The van der Waals surface area contributed by atoms with Crippen LogP contribution in [0, 0.1) is 0 Å². The van der Waals surface area contributed by atoms with E-state index < -0.39 is 0 Å². The molecule has 0 N–H and O–H groups in total. The zero-order chi connectivity index (χ0) is 9.86. The third kappa shape index (κ3) is 227. The fourth-order valence-corrected chi connectivity index (χ4v) is 0. The third-order valence-electron chi connectivity index (χ3n) is 0. The Morgan fingerprint density at radius 3 is 1.25 bits per heavy atom. The van der Waals surface area contributed by atoms with E-state index in [1.807, 2.05) is 0 Å². The predicted octanol–water partition coefficient (Wildman–Crippen LogP) is 3.36. The molecule has 0 aliphatic rings. The maximum Gasteiger partial charge on any atom is 0 e. The van der Waals surface area contributed by atoms with Crippen molar-refractivity contribution >= 4 is 72.0 Å². The molecule has 0 unspecified atom stereocenters. The SMILES string of the molecule is CC(C)=O.C[C-]=O.[I][V]([I])[I].[W]. The van der Waals surface area contributed by atoms with Crippen LogP contribution in [0.15, 0.2) is 0 Å². The van der Waals surface area contributed by atoms with Gasteiger partial charge in [-0.15, -0.1) is 0 Å². The van der Waals surface area contributed by atoms with Gasteiger partial charge in [-0.1, -0.05) is 0 Å². The van der Waals surface area contributed by atoms with Crippen LogP contribution in [0.5, 0.6) is 0 Å². The zero-order valence-electron chi connectivity index (χ0n) is 6.81. The molecule has 0 radical (unpaired) electrons. The van der Waals surface area contributed by atoms with E-state index in [9.17, 15) is 4.79 Å². The van der Waals surface area contributed by atoms with Gasteiger partial charge in [0.15, 0.2) is 0 Å². The number of carbonyl (C=O) groups is 1. The van der Waals surface area contributed by atoms with Gasteiger partial charge in [-0.05, 0) is 13.8 Å². The molecule has 0 aromatic carbocycles. The van der Waals surface area contributed by atoms with Crippen LogP contribution in [0.1, 0.15) is 20.8 Å². The smallest absolute Gasteiger partial charge is 0 e. The first-order valence-corrected chi connectivity index (χ1v) is 15.9. The Balaban J connectivity index is -0.0000000389. The monoisotopic (exact) mass is 717 g/mol. The van der Waals surface area contributed by atoms with Crippen molar-refractivity contribution in [3.05, 3.63) is 0 Å². The van der Waals surface area contributed by atoms with Gasteiger partial charge in [0.2, 0.25) is 0 Å². The van der Waals surface area contributed by atoms with E-state index in [-0.39, 0.29) is 31.8 Å². The Bertz CT molecular complexity index is 95.9. The van der Waals surface area contributed by atoms with E-state index in [4.69, 9.17) is 4.79 Å². The molecule has 12 heavy (non-hydrogen) atoms. The van der Waals surface area contributed by atoms with Crippen LogP contribution < -0.4 is 0 Å². The molecule has 0 atom stereocenters. The summed E-state index contributed by atoms with van der Waals surface area (Å²) in [6.45, 7) is 4.38. The summed E-state index contributed by atoms with van der Waals surface area (Å²) in [6, 6.07) is 0. The molecule has 0 aromatic rings. The number of rotatable bonds is 0. The molecule has 7 heteroatoms. The van der Waals surface area contributed by atoms with Gasteiger partial charge in [-0.25, -0.2) is 0 Å². The maximum atomic E-state index is 9.44. The molecule has 0 rings (SSSR count). The van der Waals surface area contributed by atoms with Crippen molar-refractivity contribution in [2.75, 3.05) is 0 Å². The molecular formula is C5H9I3O2VW-. The fraction of sp³-hybridized carbons (Fsp3) is 0.600. The van der Waals surface area contributed by atoms with Crippen molar-refractivity contribution in [1.82, 2.24) is 0 Å². The molecule has 0 spiro atoms. The third-order valence-corrected chi connectivity index (χ3v) is 0. The number of ketones is 1. The Morgan fingerprint density at radius 2 is 1.25 bits per heavy atom. The number of carbonyl (C=O) groups excluding carboxylic acids is 2. The topological polar surface area (TPSA) is 34.1 Å². The molecular weight excluding hydrogens is 708 g/mol. The molecule has 0 aliphatic heterocycles. The van der Waals surface area contributed by atoms with E-state index >= 15 is 0 Å². The second-order valence-electron chi connectivity index (χ2n) is 1.30. The van der Waals surface area contributed by atoms with Crippen LogP contribution in [0.25, 0.3) is 0 Å². The van der Waals surface area contributed by atoms with Crippen LogP contribution in [-0.2, 0) is 35.6 Å². The minimum atomic E-state index is -0.278. The number of halogens is 3. The van der Waals surface area contributed by atoms with Crippen molar-refractivity contribution in [3.63, 3.8) is 0 Å². The Kier molecular flexibility index (Phi) is 47.4. The largest absolute Gasteiger partial charge is 0 e.